The van der Waals surface area contributed by atoms with Gasteiger partial charge in [0.15, 0.2) is 0 Å². The van der Waals surface area contributed by atoms with Gasteiger partial charge >= 0.3 is 0 Å². The summed E-state index contributed by atoms with van der Waals surface area (Å²) in [6.45, 7) is 2.84. The number of hydrogen-bond donors (Lipinski definition) is 2. The van der Waals surface area contributed by atoms with E-state index < -0.39 is 0 Å². The van der Waals surface area contributed by atoms with Crippen LogP contribution >= 0.6 is 22.9 Å². The van der Waals surface area contributed by atoms with Gasteiger partial charge in [0.2, 0.25) is 5.91 Å². The van der Waals surface area contributed by atoms with Crippen LogP contribution in [0, 0.1) is 0 Å². The Morgan fingerprint density at radius 1 is 1.14 bits per heavy atom. The maximum Gasteiger partial charge on any atom is 0.261 e. The Morgan fingerprint density at radius 2 is 1.89 bits per heavy atom. The van der Waals surface area contributed by atoms with Gasteiger partial charge in [-0.25, -0.2) is 0 Å². The molecule has 1 aromatic heterocycles. The molecule has 6 nitrogen and oxygen atoms in total. The number of thiophene rings is 1. The lowest BCUT2D eigenvalue weighted by atomic mass is 10.1. The number of hydrogen-bond acceptors (Lipinski definition) is 4. The fourth-order valence-corrected chi connectivity index (χ4v) is 3.96. The molecule has 0 saturated carbocycles. The summed E-state index contributed by atoms with van der Waals surface area (Å²) in [7, 11) is 0. The topological polar surface area (TPSA) is 78.5 Å². The van der Waals surface area contributed by atoms with Crippen LogP contribution in [0.1, 0.15) is 46.2 Å². The molecule has 0 spiro atoms. The van der Waals surface area contributed by atoms with Crippen molar-refractivity contribution >= 4 is 46.3 Å². The second kappa shape index (κ2) is 9.21. The zero-order chi connectivity index (χ0) is 20.1. The lowest BCUT2D eigenvalue weighted by molar-refractivity contribution is -0.119. The fourth-order valence-electron chi connectivity index (χ4n) is 3.00. The molecule has 2 N–H and O–H groups in total. The first-order valence-electron chi connectivity index (χ1n) is 9.19. The molecule has 28 heavy (non-hydrogen) atoms. The largest absolute Gasteiger partial charge is 0.349 e. The number of amides is 3. The summed E-state index contributed by atoms with van der Waals surface area (Å²) < 4.78 is 0.557. The van der Waals surface area contributed by atoms with Crippen molar-refractivity contribution in [3.8, 4) is 0 Å². The van der Waals surface area contributed by atoms with E-state index in [0.717, 1.165) is 25.1 Å². The third-order valence-corrected chi connectivity index (χ3v) is 5.74. The molecule has 2 heterocycles. The first-order chi connectivity index (χ1) is 13.4. The molecular weight excluding hydrogens is 398 g/mol. The summed E-state index contributed by atoms with van der Waals surface area (Å²) in [5.41, 5.74) is 1.33. The summed E-state index contributed by atoms with van der Waals surface area (Å²) in [5.74, 6) is -0.314. The highest BCUT2D eigenvalue weighted by atomic mass is 35.5. The number of rotatable bonds is 6. The van der Waals surface area contributed by atoms with Crippen LogP contribution in [0.2, 0.25) is 4.34 Å². The van der Waals surface area contributed by atoms with Crippen LogP contribution in [-0.2, 0) is 4.79 Å². The molecule has 0 aliphatic carbocycles. The fraction of sp³-hybridized carbons (Fsp3) is 0.350. The lowest BCUT2D eigenvalue weighted by Gasteiger charge is -2.26. The maximum absolute atomic E-state index is 12.4. The summed E-state index contributed by atoms with van der Waals surface area (Å²) >= 11 is 7.04. The van der Waals surface area contributed by atoms with Gasteiger partial charge in [-0.1, -0.05) is 11.6 Å². The van der Waals surface area contributed by atoms with Crippen molar-refractivity contribution < 1.29 is 14.4 Å². The Hall–Kier alpha value is -2.38. The quantitative estimate of drug-likeness (QED) is 0.752. The summed E-state index contributed by atoms with van der Waals surface area (Å²) in [4.78, 5) is 38.7. The molecule has 1 unspecified atom stereocenters. The standard InChI is InChI=1S/C20H22ClN3O3S/c1-13(12-22-20(27)16-9-10-17(21)28-16)23-19(26)14-5-7-15(8-6-14)24-11-3-2-4-18(24)25/h5-10,13H,2-4,11-12H2,1H3,(H,22,27)(H,23,26). The molecule has 1 aliphatic heterocycles. The first kappa shape index (κ1) is 20.4. The number of nitrogens with one attached hydrogen (secondary N) is 2. The minimum absolute atomic E-state index is 0.125. The molecule has 0 bridgehead atoms. The van der Waals surface area contributed by atoms with Crippen molar-refractivity contribution in [2.75, 3.05) is 18.0 Å². The SMILES string of the molecule is CC(CNC(=O)c1ccc(Cl)s1)NC(=O)c1ccc(N2CCCCC2=O)cc1. The molecule has 8 heteroatoms. The van der Waals surface area contributed by atoms with Crippen LogP contribution in [0.15, 0.2) is 36.4 Å². The Labute approximate surface area is 172 Å². The molecule has 2 aromatic rings. The average Bonchev–Trinajstić information content (AvgIpc) is 3.13. The zero-order valence-electron chi connectivity index (χ0n) is 15.5. The van der Waals surface area contributed by atoms with Crippen molar-refractivity contribution in [3.05, 3.63) is 51.2 Å². The Bertz CT molecular complexity index is 866. The highest BCUT2D eigenvalue weighted by molar-refractivity contribution is 7.17. The van der Waals surface area contributed by atoms with Gasteiger partial charge in [0.1, 0.15) is 0 Å². The van der Waals surface area contributed by atoms with Crippen molar-refractivity contribution in [3.63, 3.8) is 0 Å². The second-order valence-electron chi connectivity index (χ2n) is 6.74. The van der Waals surface area contributed by atoms with Crippen molar-refractivity contribution in [1.82, 2.24) is 10.6 Å². The number of anilines is 1. The monoisotopic (exact) mass is 419 g/mol. The average molecular weight is 420 g/mol. The smallest absolute Gasteiger partial charge is 0.261 e. The number of carbonyl (C=O) groups excluding carboxylic acids is 3. The van der Waals surface area contributed by atoms with E-state index in [2.05, 4.69) is 10.6 Å². The zero-order valence-corrected chi connectivity index (χ0v) is 17.1. The molecular formula is C20H22ClN3O3S. The summed E-state index contributed by atoms with van der Waals surface area (Å²) in [5, 5.41) is 5.64. The minimum Gasteiger partial charge on any atom is -0.349 e. The molecule has 3 amide bonds. The van der Waals surface area contributed by atoms with Crippen LogP contribution < -0.4 is 15.5 Å². The summed E-state index contributed by atoms with van der Waals surface area (Å²) in [6, 6.07) is 10.1. The van der Waals surface area contributed by atoms with E-state index in [1.54, 1.807) is 41.3 Å². The number of piperidine rings is 1. The van der Waals surface area contributed by atoms with Gasteiger partial charge in [-0.3, -0.25) is 14.4 Å². The molecule has 1 aromatic carbocycles. The van der Waals surface area contributed by atoms with E-state index in [0.29, 0.717) is 27.7 Å². The normalized spacial score (nSPS) is 15.2. The van der Waals surface area contributed by atoms with Crippen molar-refractivity contribution in [2.45, 2.75) is 32.2 Å². The van der Waals surface area contributed by atoms with Gasteiger partial charge in [0, 0.05) is 36.8 Å². The van der Waals surface area contributed by atoms with Crippen molar-refractivity contribution in [2.24, 2.45) is 0 Å². The van der Waals surface area contributed by atoms with E-state index in [1.807, 2.05) is 6.92 Å². The van der Waals surface area contributed by atoms with E-state index in [4.69, 9.17) is 11.6 Å². The van der Waals surface area contributed by atoms with Gasteiger partial charge in [0.25, 0.3) is 11.8 Å². The Kier molecular flexibility index (Phi) is 6.70. The third-order valence-electron chi connectivity index (χ3n) is 4.51. The van der Waals surface area contributed by atoms with Crippen LogP contribution in [0.3, 0.4) is 0 Å². The molecule has 1 atom stereocenters. The van der Waals surface area contributed by atoms with Gasteiger partial charge in [0.05, 0.1) is 9.21 Å². The predicted molar refractivity (Wildman–Crippen MR) is 111 cm³/mol. The molecule has 1 aliphatic rings. The second-order valence-corrected chi connectivity index (χ2v) is 8.45. The van der Waals surface area contributed by atoms with Gasteiger partial charge < -0.3 is 15.5 Å². The van der Waals surface area contributed by atoms with E-state index in [1.165, 1.54) is 11.3 Å². The third kappa shape index (κ3) is 5.11. The van der Waals surface area contributed by atoms with Crippen LogP contribution in [0.5, 0.6) is 0 Å². The molecule has 148 valence electrons. The summed E-state index contributed by atoms with van der Waals surface area (Å²) in [6.07, 6.45) is 2.50. The van der Waals surface area contributed by atoms with Gasteiger partial charge in [-0.2, -0.15) is 0 Å². The van der Waals surface area contributed by atoms with Crippen LogP contribution in [-0.4, -0.2) is 36.9 Å². The lowest BCUT2D eigenvalue weighted by Crippen LogP contribution is -2.41. The minimum atomic E-state index is -0.241. The molecule has 1 fully saturated rings. The van der Waals surface area contributed by atoms with Gasteiger partial charge in [-0.05, 0) is 56.2 Å². The van der Waals surface area contributed by atoms with E-state index in [-0.39, 0.29) is 23.8 Å². The number of nitrogens with zero attached hydrogens (tertiary/aromatic N) is 1. The van der Waals surface area contributed by atoms with Crippen LogP contribution in [0.25, 0.3) is 0 Å². The highest BCUT2D eigenvalue weighted by Crippen LogP contribution is 2.22. The number of benzene rings is 1. The van der Waals surface area contributed by atoms with E-state index >= 15 is 0 Å². The molecule has 0 radical (unpaired) electrons. The molecule has 3 rings (SSSR count). The molecule has 1 saturated heterocycles. The number of halogens is 1. The first-order valence-corrected chi connectivity index (χ1v) is 10.4. The van der Waals surface area contributed by atoms with Crippen molar-refractivity contribution in [1.29, 1.82) is 0 Å². The Morgan fingerprint density at radius 3 is 2.54 bits per heavy atom. The van der Waals surface area contributed by atoms with Crippen LogP contribution in [0.4, 0.5) is 5.69 Å². The predicted octanol–water partition coefficient (Wildman–Crippen LogP) is 3.47. The number of carbonyl (C=O) groups is 3. The van der Waals surface area contributed by atoms with E-state index in [9.17, 15) is 14.4 Å². The maximum atomic E-state index is 12.4. The Balaban J connectivity index is 1.51. The van der Waals surface area contributed by atoms with Gasteiger partial charge in [-0.15, -0.1) is 11.3 Å². The highest BCUT2D eigenvalue weighted by Gasteiger charge is 2.20.